The molecule has 0 amide bonds. The topological polar surface area (TPSA) is 26.0 Å². The van der Waals surface area contributed by atoms with Gasteiger partial charge >= 0.3 is 0 Å². The molecule has 4 fully saturated rings. The molecule has 0 aromatic heterocycles. The number of rotatable bonds is 3. The summed E-state index contributed by atoms with van der Waals surface area (Å²) < 4.78 is 0. The normalized spacial score (nSPS) is 42.0. The maximum absolute atomic E-state index is 13.5. The molecule has 0 spiro atoms. The van der Waals surface area contributed by atoms with Crippen LogP contribution >= 0.6 is 0 Å². The lowest BCUT2D eigenvalue weighted by molar-refractivity contribution is -1.18. The SMILES string of the molecule is CC(C)C12C[NH+]3CC(C(C)C)(C[NH+](C1)C3c1ccccc1)C2=O. The zero-order valence-corrected chi connectivity index (χ0v) is 14.9. The summed E-state index contributed by atoms with van der Waals surface area (Å²) >= 11 is 0. The first-order chi connectivity index (χ1) is 10.9. The molecule has 0 aliphatic carbocycles. The van der Waals surface area contributed by atoms with Crippen molar-refractivity contribution in [3.05, 3.63) is 35.9 Å². The van der Waals surface area contributed by atoms with Crippen molar-refractivity contribution < 1.29 is 14.6 Å². The Morgan fingerprint density at radius 2 is 1.30 bits per heavy atom. The van der Waals surface area contributed by atoms with Gasteiger partial charge in [-0.2, -0.15) is 0 Å². The van der Waals surface area contributed by atoms with Crippen LogP contribution in [0.25, 0.3) is 0 Å². The molecular weight excluding hydrogens is 284 g/mol. The Kier molecular flexibility index (Phi) is 3.27. The highest BCUT2D eigenvalue weighted by atomic mass is 16.1. The van der Waals surface area contributed by atoms with E-state index < -0.39 is 0 Å². The van der Waals surface area contributed by atoms with Crippen LogP contribution < -0.4 is 9.80 Å². The van der Waals surface area contributed by atoms with Gasteiger partial charge in [0.15, 0.2) is 5.78 Å². The second-order valence-electron chi connectivity index (χ2n) is 8.82. The van der Waals surface area contributed by atoms with Crippen LogP contribution in [0, 0.1) is 22.7 Å². The van der Waals surface area contributed by atoms with Crippen LogP contribution in [0.2, 0.25) is 0 Å². The number of piperidine rings is 2. The number of ketones is 1. The number of benzene rings is 1. The average molecular weight is 314 g/mol. The molecule has 2 N–H and O–H groups in total. The van der Waals surface area contributed by atoms with E-state index in [0.29, 0.717) is 23.8 Å². The van der Waals surface area contributed by atoms with E-state index in [0.717, 1.165) is 26.2 Å². The van der Waals surface area contributed by atoms with Crippen molar-refractivity contribution in [3.63, 3.8) is 0 Å². The van der Waals surface area contributed by atoms with Crippen molar-refractivity contribution in [2.75, 3.05) is 26.2 Å². The summed E-state index contributed by atoms with van der Waals surface area (Å²) in [6, 6.07) is 11.0. The third kappa shape index (κ3) is 1.87. The molecule has 1 aromatic carbocycles. The lowest BCUT2D eigenvalue weighted by Gasteiger charge is -2.62. The summed E-state index contributed by atoms with van der Waals surface area (Å²) in [5, 5.41) is 0. The highest BCUT2D eigenvalue weighted by Gasteiger charge is 2.72. The Labute approximate surface area is 139 Å². The molecule has 3 heteroatoms. The first-order valence-corrected chi connectivity index (χ1v) is 9.20. The number of quaternary nitrogens is 2. The molecule has 0 saturated carbocycles. The van der Waals surface area contributed by atoms with Crippen LogP contribution in [0.4, 0.5) is 0 Å². The average Bonchev–Trinajstić information content (AvgIpc) is 2.51. The fourth-order valence-corrected chi connectivity index (χ4v) is 5.84. The second-order valence-corrected chi connectivity index (χ2v) is 8.82. The molecule has 4 aliphatic rings. The Morgan fingerprint density at radius 3 is 1.70 bits per heavy atom. The van der Waals surface area contributed by atoms with E-state index in [2.05, 4.69) is 58.0 Å². The van der Waals surface area contributed by atoms with Crippen molar-refractivity contribution in [2.45, 2.75) is 33.9 Å². The van der Waals surface area contributed by atoms with Gasteiger partial charge in [-0.25, -0.2) is 0 Å². The molecule has 124 valence electrons. The van der Waals surface area contributed by atoms with Crippen LogP contribution in [-0.2, 0) is 4.79 Å². The largest absolute Gasteiger partial charge is 0.297 e. The molecule has 5 rings (SSSR count). The number of carbonyl (C=O) groups is 1. The Balaban J connectivity index is 1.80. The summed E-state index contributed by atoms with van der Waals surface area (Å²) in [5.41, 5.74) is 1.24. The van der Waals surface area contributed by atoms with Gasteiger partial charge in [0.05, 0.1) is 5.56 Å². The van der Waals surface area contributed by atoms with Gasteiger partial charge in [0, 0.05) is 0 Å². The van der Waals surface area contributed by atoms with E-state index >= 15 is 0 Å². The standard InChI is InChI=1S/C20H28N2O/c1-14(2)19-10-21-12-20(15(3)4,18(19)23)13-22(11-19)17(21)16-8-6-5-7-9-16/h5-9,14-15,17H,10-13H2,1-4H3/p+2. The summed E-state index contributed by atoms with van der Waals surface area (Å²) in [4.78, 5) is 16.8. The molecule has 23 heavy (non-hydrogen) atoms. The first kappa shape index (κ1) is 15.3. The molecule has 4 heterocycles. The van der Waals surface area contributed by atoms with Gasteiger partial charge in [-0.05, 0) is 24.0 Å². The smallest absolute Gasteiger partial charge is 0.240 e. The minimum atomic E-state index is -0.100. The highest BCUT2D eigenvalue weighted by Crippen LogP contribution is 2.44. The summed E-state index contributed by atoms with van der Waals surface area (Å²) in [6.07, 6.45) is 0.517. The predicted molar refractivity (Wildman–Crippen MR) is 90.1 cm³/mol. The summed E-state index contributed by atoms with van der Waals surface area (Å²) in [7, 11) is 0. The first-order valence-electron chi connectivity index (χ1n) is 9.20. The van der Waals surface area contributed by atoms with Crippen LogP contribution in [-0.4, -0.2) is 32.0 Å². The predicted octanol–water partition coefficient (Wildman–Crippen LogP) is 0.350. The van der Waals surface area contributed by atoms with Gasteiger partial charge in [0.2, 0.25) is 6.17 Å². The van der Waals surface area contributed by atoms with E-state index in [1.165, 1.54) is 5.56 Å². The van der Waals surface area contributed by atoms with Gasteiger partial charge in [-0.3, -0.25) is 14.6 Å². The Bertz CT molecular complexity index is 576. The number of hydrogen-bond acceptors (Lipinski definition) is 1. The van der Waals surface area contributed by atoms with E-state index in [1.54, 1.807) is 9.80 Å². The maximum atomic E-state index is 13.5. The van der Waals surface area contributed by atoms with Crippen LogP contribution in [0.1, 0.15) is 39.4 Å². The van der Waals surface area contributed by atoms with Crippen molar-refractivity contribution >= 4 is 5.78 Å². The molecule has 1 aromatic rings. The third-order valence-electron chi connectivity index (χ3n) is 7.23. The van der Waals surface area contributed by atoms with E-state index in [9.17, 15) is 4.79 Å². The van der Waals surface area contributed by atoms with E-state index in [-0.39, 0.29) is 10.8 Å². The Morgan fingerprint density at radius 1 is 0.870 bits per heavy atom. The molecule has 4 bridgehead atoms. The summed E-state index contributed by atoms with van der Waals surface area (Å²) in [5.74, 6) is 1.47. The number of hydrogen-bond donors (Lipinski definition) is 2. The van der Waals surface area contributed by atoms with Gasteiger partial charge in [0.25, 0.3) is 0 Å². The molecule has 0 unspecified atom stereocenters. The second kappa shape index (κ2) is 4.90. The van der Waals surface area contributed by atoms with Crippen LogP contribution in [0.15, 0.2) is 30.3 Å². The van der Waals surface area contributed by atoms with Gasteiger partial charge in [-0.1, -0.05) is 45.9 Å². The lowest BCUT2D eigenvalue weighted by atomic mass is 9.53. The van der Waals surface area contributed by atoms with Gasteiger partial charge < -0.3 is 0 Å². The number of carbonyl (C=O) groups excluding carboxylic acids is 1. The number of nitrogens with one attached hydrogen (secondary N) is 2. The molecule has 4 saturated heterocycles. The molecule has 4 aliphatic heterocycles. The highest BCUT2D eigenvalue weighted by molar-refractivity contribution is 5.92. The molecule has 3 nitrogen and oxygen atoms in total. The van der Waals surface area contributed by atoms with Crippen molar-refractivity contribution in [1.82, 2.24) is 0 Å². The molecule has 0 radical (unpaired) electrons. The fraction of sp³-hybridized carbons (Fsp3) is 0.650. The van der Waals surface area contributed by atoms with Gasteiger partial charge in [-0.15, -0.1) is 0 Å². The minimum Gasteiger partial charge on any atom is -0.297 e. The van der Waals surface area contributed by atoms with Crippen LogP contribution in [0.5, 0.6) is 0 Å². The molecular formula is C20H30N2O+2. The quantitative estimate of drug-likeness (QED) is 0.827. The maximum Gasteiger partial charge on any atom is 0.240 e. The third-order valence-corrected chi connectivity index (χ3v) is 7.23. The van der Waals surface area contributed by atoms with Crippen molar-refractivity contribution in [1.29, 1.82) is 0 Å². The summed E-state index contributed by atoms with van der Waals surface area (Å²) in [6.45, 7) is 13.2. The monoisotopic (exact) mass is 314 g/mol. The molecule has 0 atom stereocenters. The van der Waals surface area contributed by atoms with Gasteiger partial charge in [0.1, 0.15) is 37.0 Å². The zero-order chi connectivity index (χ0) is 16.4. The fourth-order valence-electron chi connectivity index (χ4n) is 5.84. The van der Waals surface area contributed by atoms with Crippen LogP contribution in [0.3, 0.4) is 0 Å². The minimum absolute atomic E-state index is 0.100. The van der Waals surface area contributed by atoms with E-state index in [4.69, 9.17) is 0 Å². The Hall–Kier alpha value is -1.19. The van der Waals surface area contributed by atoms with E-state index in [1.807, 2.05) is 0 Å². The zero-order valence-electron chi connectivity index (χ0n) is 14.9. The lowest BCUT2D eigenvalue weighted by Crippen LogP contribution is -3.41. The van der Waals surface area contributed by atoms with Crippen molar-refractivity contribution in [2.24, 2.45) is 22.7 Å². The number of Topliss-reactive ketones (excluding diaryl/α,β-unsaturated/α-hetero) is 1. The van der Waals surface area contributed by atoms with Crippen molar-refractivity contribution in [3.8, 4) is 0 Å².